The highest BCUT2D eigenvalue weighted by Gasteiger charge is 2.26. The molecule has 1 aliphatic rings. The number of nitrogens with one attached hydrogen (secondary N) is 1. The van der Waals surface area contributed by atoms with Gasteiger partial charge in [-0.2, -0.15) is 5.10 Å². The van der Waals surface area contributed by atoms with Crippen molar-refractivity contribution in [3.63, 3.8) is 0 Å². The molecule has 0 spiro atoms. The molecular weight excluding hydrogens is 519 g/mol. The molecule has 1 amide bonds. The molecule has 0 aliphatic carbocycles. The molecule has 4 heterocycles. The minimum Gasteiger partial charge on any atom is -0.444 e. The Morgan fingerprint density at radius 1 is 0.976 bits per heavy atom. The first-order valence-corrected chi connectivity index (χ1v) is 13.8. The van der Waals surface area contributed by atoms with Crippen LogP contribution in [0.15, 0.2) is 79.4 Å². The normalized spacial score (nSPS) is 14.0. The number of carbonyl (C=O) groups excluding carboxylic acids is 1. The SMILES string of the molecule is CC(C)(C)OC(=O)N1CCN(c2cccc(-c3cnc4[nH]cc(-c5cnn(Cc6cccc(F)c6)c5)c4c3)c2)CC1. The third kappa shape index (κ3) is 5.94. The number of ether oxygens (including phenoxy) is 1. The van der Waals surface area contributed by atoms with Crippen molar-refractivity contribution >= 4 is 22.8 Å². The van der Waals surface area contributed by atoms with E-state index in [-0.39, 0.29) is 11.9 Å². The van der Waals surface area contributed by atoms with Crippen molar-refractivity contribution in [2.45, 2.75) is 32.9 Å². The van der Waals surface area contributed by atoms with E-state index < -0.39 is 5.60 Å². The average Bonchev–Trinajstić information content (AvgIpc) is 3.59. The molecule has 1 saturated heterocycles. The quantitative estimate of drug-likeness (QED) is 0.275. The van der Waals surface area contributed by atoms with Crippen LogP contribution in [0.25, 0.3) is 33.3 Å². The molecule has 0 atom stereocenters. The zero-order valence-corrected chi connectivity index (χ0v) is 23.5. The van der Waals surface area contributed by atoms with Crippen molar-refractivity contribution in [3.05, 3.63) is 90.8 Å². The minimum atomic E-state index is -0.500. The summed E-state index contributed by atoms with van der Waals surface area (Å²) < 4.78 is 21.0. The number of halogens is 1. The van der Waals surface area contributed by atoms with Crippen molar-refractivity contribution in [3.8, 4) is 22.3 Å². The molecule has 1 aliphatic heterocycles. The van der Waals surface area contributed by atoms with Gasteiger partial charge in [-0.3, -0.25) is 4.68 Å². The van der Waals surface area contributed by atoms with E-state index in [4.69, 9.17) is 9.72 Å². The molecule has 1 fully saturated rings. The lowest BCUT2D eigenvalue weighted by molar-refractivity contribution is 0.0240. The van der Waals surface area contributed by atoms with E-state index in [9.17, 15) is 9.18 Å². The number of hydrogen-bond donors (Lipinski definition) is 1. The summed E-state index contributed by atoms with van der Waals surface area (Å²) in [7, 11) is 0. The smallest absolute Gasteiger partial charge is 0.410 e. The van der Waals surface area contributed by atoms with Gasteiger partial charge in [-0.1, -0.05) is 24.3 Å². The van der Waals surface area contributed by atoms with Crippen LogP contribution >= 0.6 is 0 Å². The minimum absolute atomic E-state index is 0.253. The Labute approximate surface area is 238 Å². The number of carbonyl (C=O) groups is 1. The number of aromatic amines is 1. The monoisotopic (exact) mass is 552 g/mol. The predicted octanol–water partition coefficient (Wildman–Crippen LogP) is 6.34. The van der Waals surface area contributed by atoms with E-state index in [1.807, 2.05) is 56.3 Å². The van der Waals surface area contributed by atoms with Crippen LogP contribution in [0, 0.1) is 5.82 Å². The van der Waals surface area contributed by atoms with Crippen LogP contribution in [-0.4, -0.2) is 62.5 Å². The Balaban J connectivity index is 1.19. The van der Waals surface area contributed by atoms with Gasteiger partial charge < -0.3 is 19.5 Å². The Bertz CT molecular complexity index is 1690. The van der Waals surface area contributed by atoms with Crippen LogP contribution in [-0.2, 0) is 11.3 Å². The summed E-state index contributed by atoms with van der Waals surface area (Å²) >= 11 is 0. The molecule has 9 heteroatoms. The topological polar surface area (TPSA) is 79.3 Å². The first kappa shape index (κ1) is 26.6. The van der Waals surface area contributed by atoms with Gasteiger partial charge >= 0.3 is 6.09 Å². The summed E-state index contributed by atoms with van der Waals surface area (Å²) in [6.07, 6.45) is 7.37. The molecule has 6 rings (SSSR count). The number of fused-ring (bicyclic) bond motifs is 1. The van der Waals surface area contributed by atoms with Crippen LogP contribution < -0.4 is 4.90 Å². The average molecular weight is 553 g/mol. The Kier molecular flexibility index (Phi) is 6.95. The molecule has 2 aromatic carbocycles. The van der Waals surface area contributed by atoms with Crippen LogP contribution in [0.1, 0.15) is 26.3 Å². The first-order valence-electron chi connectivity index (χ1n) is 13.8. The van der Waals surface area contributed by atoms with E-state index in [2.05, 4.69) is 45.3 Å². The van der Waals surface area contributed by atoms with Crippen LogP contribution in [0.3, 0.4) is 0 Å². The van der Waals surface area contributed by atoms with Gasteiger partial charge in [0.2, 0.25) is 0 Å². The standard InChI is InChI=1S/C32H33FN6O2/c1-32(2,3)41-31(40)38-12-10-37(11-13-38)27-9-5-7-23(15-27)24-16-28-29(19-35-30(28)34-17-24)25-18-36-39(21-25)20-22-6-4-8-26(33)14-22/h4-9,14-19,21H,10-13,20H2,1-3H3,(H,34,35). The van der Waals surface area contributed by atoms with Gasteiger partial charge in [-0.25, -0.2) is 14.2 Å². The maximum Gasteiger partial charge on any atom is 0.410 e. The lowest BCUT2D eigenvalue weighted by Gasteiger charge is -2.36. The maximum atomic E-state index is 13.6. The van der Waals surface area contributed by atoms with E-state index in [1.165, 1.54) is 12.1 Å². The zero-order chi connectivity index (χ0) is 28.6. The Morgan fingerprint density at radius 2 is 1.78 bits per heavy atom. The second-order valence-corrected chi connectivity index (χ2v) is 11.4. The van der Waals surface area contributed by atoms with E-state index in [0.29, 0.717) is 19.6 Å². The number of rotatable bonds is 5. The van der Waals surface area contributed by atoms with E-state index >= 15 is 0 Å². The van der Waals surface area contributed by atoms with E-state index in [1.54, 1.807) is 11.0 Å². The van der Waals surface area contributed by atoms with Gasteiger partial charge in [0.05, 0.1) is 12.7 Å². The summed E-state index contributed by atoms with van der Waals surface area (Å²) in [4.78, 5) is 24.5. The molecule has 0 saturated carbocycles. The number of benzene rings is 2. The van der Waals surface area contributed by atoms with Gasteiger partial charge in [-0.15, -0.1) is 0 Å². The molecule has 0 bridgehead atoms. The fraction of sp³-hybridized carbons (Fsp3) is 0.281. The van der Waals surface area contributed by atoms with Gasteiger partial charge in [0.15, 0.2) is 0 Å². The lowest BCUT2D eigenvalue weighted by atomic mass is 10.0. The van der Waals surface area contributed by atoms with Crippen LogP contribution in [0.4, 0.5) is 14.9 Å². The number of aromatic nitrogens is 4. The summed E-state index contributed by atoms with van der Waals surface area (Å²) in [5, 5.41) is 5.51. The summed E-state index contributed by atoms with van der Waals surface area (Å²) in [6, 6.07) is 17.1. The molecular formula is C32H33FN6O2. The summed E-state index contributed by atoms with van der Waals surface area (Å²) in [5.41, 5.74) is 6.32. The van der Waals surface area contributed by atoms with Crippen molar-refractivity contribution in [1.82, 2.24) is 24.6 Å². The highest BCUT2D eigenvalue weighted by Crippen LogP contribution is 2.32. The van der Waals surface area contributed by atoms with Gasteiger partial charge in [-0.05, 0) is 62.2 Å². The molecule has 5 aromatic rings. The lowest BCUT2D eigenvalue weighted by Crippen LogP contribution is -2.50. The van der Waals surface area contributed by atoms with Crippen LogP contribution in [0.5, 0.6) is 0 Å². The van der Waals surface area contributed by atoms with E-state index in [0.717, 1.165) is 57.6 Å². The third-order valence-electron chi connectivity index (χ3n) is 7.18. The number of nitrogens with zero attached hydrogens (tertiary/aromatic N) is 5. The van der Waals surface area contributed by atoms with Gasteiger partial charge in [0, 0.05) is 72.5 Å². The fourth-order valence-electron chi connectivity index (χ4n) is 5.17. The Morgan fingerprint density at radius 3 is 2.56 bits per heavy atom. The number of hydrogen-bond acceptors (Lipinski definition) is 5. The Hall–Kier alpha value is -4.66. The second kappa shape index (κ2) is 10.7. The molecule has 0 unspecified atom stereocenters. The first-order chi connectivity index (χ1) is 19.7. The third-order valence-corrected chi connectivity index (χ3v) is 7.18. The molecule has 8 nitrogen and oxygen atoms in total. The van der Waals surface area contributed by atoms with Crippen molar-refractivity contribution in [2.24, 2.45) is 0 Å². The zero-order valence-electron chi connectivity index (χ0n) is 23.5. The number of anilines is 1. The molecule has 210 valence electrons. The largest absolute Gasteiger partial charge is 0.444 e. The predicted molar refractivity (Wildman–Crippen MR) is 158 cm³/mol. The second-order valence-electron chi connectivity index (χ2n) is 11.4. The summed E-state index contributed by atoms with van der Waals surface area (Å²) in [5.74, 6) is -0.253. The number of H-pyrrole nitrogens is 1. The number of piperazine rings is 1. The molecule has 3 aromatic heterocycles. The van der Waals surface area contributed by atoms with Gasteiger partial charge in [0.25, 0.3) is 0 Å². The van der Waals surface area contributed by atoms with Crippen molar-refractivity contribution < 1.29 is 13.9 Å². The molecule has 1 N–H and O–H groups in total. The van der Waals surface area contributed by atoms with Crippen LogP contribution in [0.2, 0.25) is 0 Å². The van der Waals surface area contributed by atoms with Crippen molar-refractivity contribution in [1.29, 1.82) is 0 Å². The van der Waals surface area contributed by atoms with Gasteiger partial charge in [0.1, 0.15) is 17.1 Å². The summed E-state index contributed by atoms with van der Waals surface area (Å²) in [6.45, 7) is 8.86. The molecule has 0 radical (unpaired) electrons. The maximum absolute atomic E-state index is 13.6. The fourth-order valence-corrected chi connectivity index (χ4v) is 5.17. The highest BCUT2D eigenvalue weighted by molar-refractivity contribution is 5.95. The molecule has 41 heavy (non-hydrogen) atoms. The number of amides is 1. The number of pyridine rings is 1. The highest BCUT2D eigenvalue weighted by atomic mass is 19.1. The van der Waals surface area contributed by atoms with Crippen molar-refractivity contribution in [2.75, 3.05) is 31.1 Å².